The molecule has 19 heavy (non-hydrogen) atoms. The van der Waals surface area contributed by atoms with Gasteiger partial charge in [-0.05, 0) is 18.6 Å². The van der Waals surface area contributed by atoms with Gasteiger partial charge < -0.3 is 5.32 Å². The topological polar surface area (TPSA) is 54.9 Å². The highest BCUT2D eigenvalue weighted by Gasteiger charge is 2.09. The number of nitrogens with one attached hydrogen (secondary N) is 1. The molecule has 98 valence electrons. The van der Waals surface area contributed by atoms with Crippen LogP contribution in [0.5, 0.6) is 0 Å². The molecule has 0 aliphatic heterocycles. The van der Waals surface area contributed by atoms with E-state index in [1.165, 1.54) is 11.8 Å². The van der Waals surface area contributed by atoms with Crippen LogP contribution in [0.25, 0.3) is 0 Å². The van der Waals surface area contributed by atoms with Crippen LogP contribution in [0.4, 0.5) is 0 Å². The van der Waals surface area contributed by atoms with Crippen LogP contribution in [0.2, 0.25) is 0 Å². The van der Waals surface area contributed by atoms with E-state index in [2.05, 4.69) is 15.3 Å². The molecular formula is C14H15N3OS. The molecule has 0 saturated carbocycles. The van der Waals surface area contributed by atoms with Crippen LogP contribution < -0.4 is 5.32 Å². The van der Waals surface area contributed by atoms with Gasteiger partial charge >= 0.3 is 0 Å². The van der Waals surface area contributed by atoms with Crippen LogP contribution in [-0.4, -0.2) is 21.6 Å². The fourth-order valence-electron chi connectivity index (χ4n) is 1.60. The highest BCUT2D eigenvalue weighted by atomic mass is 32.2. The van der Waals surface area contributed by atoms with Gasteiger partial charge in [0.15, 0.2) is 5.16 Å². The Labute approximate surface area is 116 Å². The third kappa shape index (κ3) is 4.37. The molecule has 5 heteroatoms. The summed E-state index contributed by atoms with van der Waals surface area (Å²) in [4.78, 5) is 19.9. The van der Waals surface area contributed by atoms with Gasteiger partial charge in [0.2, 0.25) is 5.91 Å². The summed E-state index contributed by atoms with van der Waals surface area (Å²) in [5, 5.41) is 3.57. The molecule has 4 nitrogen and oxygen atoms in total. The highest BCUT2D eigenvalue weighted by molar-refractivity contribution is 7.99. The lowest BCUT2D eigenvalue weighted by Gasteiger charge is -2.13. The highest BCUT2D eigenvalue weighted by Crippen LogP contribution is 2.13. The number of amides is 1. The number of aromatic nitrogens is 2. The molecule has 2 aromatic rings. The molecule has 1 atom stereocenters. The van der Waals surface area contributed by atoms with E-state index in [-0.39, 0.29) is 11.9 Å². The molecule has 0 aliphatic rings. The molecule has 1 heterocycles. The van der Waals surface area contributed by atoms with Gasteiger partial charge in [-0.15, -0.1) is 0 Å². The molecule has 0 spiro atoms. The Balaban J connectivity index is 1.82. The second kappa shape index (κ2) is 6.89. The van der Waals surface area contributed by atoms with Crippen LogP contribution in [0, 0.1) is 0 Å². The number of nitrogens with zero attached hydrogens (tertiary/aromatic N) is 2. The molecule has 1 amide bonds. The molecule has 0 radical (unpaired) electrons. The standard InChI is InChI=1S/C14H15N3OS/c1-11(12-6-3-2-4-7-12)17-13(18)10-19-14-15-8-5-9-16-14/h2-9,11H,10H2,1H3,(H,17,18)/t11-/m0/s1. The van der Waals surface area contributed by atoms with Crippen molar-refractivity contribution in [2.24, 2.45) is 0 Å². The summed E-state index contributed by atoms with van der Waals surface area (Å²) in [6, 6.07) is 11.6. The van der Waals surface area contributed by atoms with Gasteiger partial charge in [-0.2, -0.15) is 0 Å². The van der Waals surface area contributed by atoms with E-state index in [9.17, 15) is 4.79 Å². The van der Waals surface area contributed by atoms with E-state index in [1.54, 1.807) is 18.5 Å². The summed E-state index contributed by atoms with van der Waals surface area (Å²) >= 11 is 1.33. The smallest absolute Gasteiger partial charge is 0.230 e. The number of thioether (sulfide) groups is 1. The van der Waals surface area contributed by atoms with E-state index in [1.807, 2.05) is 37.3 Å². The Morgan fingerprint density at radius 2 is 1.89 bits per heavy atom. The van der Waals surface area contributed by atoms with Crippen LogP contribution >= 0.6 is 11.8 Å². The first-order chi connectivity index (χ1) is 9.25. The van der Waals surface area contributed by atoms with Crippen LogP contribution in [0.1, 0.15) is 18.5 Å². The Morgan fingerprint density at radius 1 is 1.21 bits per heavy atom. The number of benzene rings is 1. The zero-order valence-electron chi connectivity index (χ0n) is 10.6. The molecule has 1 aromatic heterocycles. The fourth-order valence-corrected chi connectivity index (χ4v) is 2.21. The first-order valence-electron chi connectivity index (χ1n) is 6.00. The lowest BCUT2D eigenvalue weighted by atomic mass is 10.1. The number of carbonyl (C=O) groups excluding carboxylic acids is 1. The maximum Gasteiger partial charge on any atom is 0.230 e. The van der Waals surface area contributed by atoms with Crippen molar-refractivity contribution < 1.29 is 4.79 Å². The minimum atomic E-state index is -0.0196. The minimum Gasteiger partial charge on any atom is -0.349 e. The number of carbonyl (C=O) groups is 1. The fraction of sp³-hybridized carbons (Fsp3) is 0.214. The van der Waals surface area contributed by atoms with E-state index in [4.69, 9.17) is 0 Å². The van der Waals surface area contributed by atoms with Crippen molar-refractivity contribution in [2.75, 3.05) is 5.75 Å². The predicted molar refractivity (Wildman–Crippen MR) is 75.8 cm³/mol. The first-order valence-corrected chi connectivity index (χ1v) is 6.98. The van der Waals surface area contributed by atoms with Crippen molar-refractivity contribution in [1.29, 1.82) is 0 Å². The molecule has 0 bridgehead atoms. The summed E-state index contributed by atoms with van der Waals surface area (Å²) in [5.41, 5.74) is 1.09. The van der Waals surface area contributed by atoms with Crippen LogP contribution in [0.15, 0.2) is 53.9 Å². The zero-order chi connectivity index (χ0) is 13.5. The van der Waals surface area contributed by atoms with E-state index in [0.717, 1.165) is 5.56 Å². The summed E-state index contributed by atoms with van der Waals surface area (Å²) in [7, 11) is 0. The summed E-state index contributed by atoms with van der Waals surface area (Å²) in [5.74, 6) is 0.301. The van der Waals surface area contributed by atoms with Gasteiger partial charge in [0.1, 0.15) is 0 Å². The summed E-state index contributed by atoms with van der Waals surface area (Å²) in [6.45, 7) is 1.97. The maximum absolute atomic E-state index is 11.8. The SMILES string of the molecule is C[C@H](NC(=O)CSc1ncccn1)c1ccccc1. The Morgan fingerprint density at radius 3 is 2.58 bits per heavy atom. The average molecular weight is 273 g/mol. The van der Waals surface area contributed by atoms with Crippen molar-refractivity contribution in [3.05, 3.63) is 54.4 Å². The Kier molecular flexibility index (Phi) is 4.92. The largest absolute Gasteiger partial charge is 0.349 e. The molecule has 0 saturated heterocycles. The number of hydrogen-bond acceptors (Lipinski definition) is 4. The van der Waals surface area contributed by atoms with Gasteiger partial charge in [-0.1, -0.05) is 42.1 Å². The van der Waals surface area contributed by atoms with Gasteiger partial charge in [0.05, 0.1) is 11.8 Å². The van der Waals surface area contributed by atoms with Crippen LogP contribution in [0.3, 0.4) is 0 Å². The lowest BCUT2D eigenvalue weighted by molar-refractivity contribution is -0.119. The molecule has 1 N–H and O–H groups in total. The molecule has 1 aromatic carbocycles. The van der Waals surface area contributed by atoms with Crippen molar-refractivity contribution in [3.63, 3.8) is 0 Å². The minimum absolute atomic E-state index is 0.00555. The van der Waals surface area contributed by atoms with Crippen molar-refractivity contribution in [3.8, 4) is 0 Å². The van der Waals surface area contributed by atoms with Gasteiger partial charge in [0.25, 0.3) is 0 Å². The van der Waals surface area contributed by atoms with Crippen molar-refractivity contribution >= 4 is 17.7 Å². The van der Waals surface area contributed by atoms with Gasteiger partial charge in [0, 0.05) is 12.4 Å². The monoisotopic (exact) mass is 273 g/mol. The predicted octanol–water partition coefficient (Wildman–Crippen LogP) is 2.45. The number of hydrogen-bond donors (Lipinski definition) is 1. The molecule has 0 aliphatic carbocycles. The lowest BCUT2D eigenvalue weighted by Crippen LogP contribution is -2.28. The zero-order valence-corrected chi connectivity index (χ0v) is 11.4. The molecule has 0 fully saturated rings. The molecular weight excluding hydrogens is 258 g/mol. The normalized spacial score (nSPS) is 11.8. The summed E-state index contributed by atoms with van der Waals surface area (Å²) < 4.78 is 0. The first kappa shape index (κ1) is 13.5. The summed E-state index contributed by atoms with van der Waals surface area (Å²) in [6.07, 6.45) is 3.33. The van der Waals surface area contributed by atoms with E-state index >= 15 is 0 Å². The molecule has 0 unspecified atom stereocenters. The average Bonchev–Trinajstić information content (AvgIpc) is 2.47. The second-order valence-corrected chi connectivity index (χ2v) is 4.96. The Bertz CT molecular complexity index is 519. The number of rotatable bonds is 5. The van der Waals surface area contributed by atoms with E-state index < -0.39 is 0 Å². The third-order valence-corrected chi connectivity index (χ3v) is 3.43. The third-order valence-electron chi connectivity index (χ3n) is 2.55. The van der Waals surface area contributed by atoms with Gasteiger partial charge in [-0.25, -0.2) is 9.97 Å². The van der Waals surface area contributed by atoms with Crippen LogP contribution in [-0.2, 0) is 4.79 Å². The second-order valence-electron chi connectivity index (χ2n) is 4.02. The quantitative estimate of drug-likeness (QED) is 0.671. The van der Waals surface area contributed by atoms with Crippen molar-refractivity contribution in [1.82, 2.24) is 15.3 Å². The maximum atomic E-state index is 11.8. The van der Waals surface area contributed by atoms with Crippen molar-refractivity contribution in [2.45, 2.75) is 18.1 Å². The Hall–Kier alpha value is -1.88. The van der Waals surface area contributed by atoms with Gasteiger partial charge in [-0.3, -0.25) is 4.79 Å². The molecule has 2 rings (SSSR count). The van der Waals surface area contributed by atoms with E-state index in [0.29, 0.717) is 10.9 Å².